The lowest BCUT2D eigenvalue weighted by atomic mass is 9.97. The van der Waals surface area contributed by atoms with Gasteiger partial charge >= 0.3 is 6.09 Å². The fourth-order valence-electron chi connectivity index (χ4n) is 3.93. The summed E-state index contributed by atoms with van der Waals surface area (Å²) in [7, 11) is 0. The van der Waals surface area contributed by atoms with Gasteiger partial charge in [-0.2, -0.15) is 5.10 Å². The lowest BCUT2D eigenvalue weighted by molar-refractivity contribution is 0.0435. The maximum absolute atomic E-state index is 12.9. The molecule has 8 heteroatoms. The van der Waals surface area contributed by atoms with Crippen LogP contribution in [0.15, 0.2) is 24.3 Å². The van der Waals surface area contributed by atoms with Gasteiger partial charge in [0.25, 0.3) is 5.91 Å². The van der Waals surface area contributed by atoms with Crippen molar-refractivity contribution in [3.05, 3.63) is 30.0 Å². The van der Waals surface area contributed by atoms with Gasteiger partial charge in [0.05, 0.1) is 11.1 Å². The number of aliphatic hydroxyl groups is 1. The number of hydrogen-bond acceptors (Lipinski definition) is 4. The molecule has 1 fully saturated rings. The Kier molecular flexibility index (Phi) is 5.34. The minimum atomic E-state index is -1.04. The molecule has 3 rings (SSSR count). The van der Waals surface area contributed by atoms with Gasteiger partial charge in [0.2, 0.25) is 0 Å². The maximum Gasteiger partial charge on any atom is 0.407 e. The van der Waals surface area contributed by atoms with Gasteiger partial charge in [-0.3, -0.25) is 9.48 Å². The Morgan fingerprint density at radius 2 is 2.00 bits per heavy atom. The molecule has 0 saturated carbocycles. The summed E-state index contributed by atoms with van der Waals surface area (Å²) in [6, 6.07) is 7.02. The van der Waals surface area contributed by atoms with Gasteiger partial charge in [-0.15, -0.1) is 0 Å². The van der Waals surface area contributed by atoms with Crippen molar-refractivity contribution in [3.8, 4) is 0 Å². The molecule has 0 radical (unpaired) electrons. The van der Waals surface area contributed by atoms with Crippen molar-refractivity contribution in [1.82, 2.24) is 20.0 Å². The van der Waals surface area contributed by atoms with Gasteiger partial charge in [0.1, 0.15) is 0 Å². The van der Waals surface area contributed by atoms with Crippen LogP contribution in [0.1, 0.15) is 57.1 Å². The summed E-state index contributed by atoms with van der Waals surface area (Å²) >= 11 is 0. The monoisotopic (exact) mass is 388 g/mol. The van der Waals surface area contributed by atoms with Crippen molar-refractivity contribution in [2.75, 3.05) is 6.54 Å². The first-order valence-corrected chi connectivity index (χ1v) is 9.57. The predicted molar refractivity (Wildman–Crippen MR) is 105 cm³/mol. The average molecular weight is 388 g/mol. The van der Waals surface area contributed by atoms with Crippen molar-refractivity contribution in [3.63, 3.8) is 0 Å². The van der Waals surface area contributed by atoms with E-state index in [-0.39, 0.29) is 30.6 Å². The van der Waals surface area contributed by atoms with E-state index in [1.54, 1.807) is 13.8 Å². The summed E-state index contributed by atoms with van der Waals surface area (Å²) in [5.41, 5.74) is 0.252. The molecule has 1 aromatic carbocycles. The summed E-state index contributed by atoms with van der Waals surface area (Å²) in [5, 5.41) is 27.8. The van der Waals surface area contributed by atoms with Gasteiger partial charge in [-0.25, -0.2) is 4.79 Å². The number of fused-ring (bicyclic) bond motifs is 1. The molecule has 2 amide bonds. The highest BCUT2D eigenvalue weighted by atomic mass is 16.4. The Bertz CT molecular complexity index is 884. The third-order valence-corrected chi connectivity index (χ3v) is 5.05. The summed E-state index contributed by atoms with van der Waals surface area (Å²) < 4.78 is 1.82. The number of nitrogens with one attached hydrogen (secondary N) is 1. The summed E-state index contributed by atoms with van der Waals surface area (Å²) in [5.74, 6) is -0.310. The van der Waals surface area contributed by atoms with Gasteiger partial charge in [-0.05, 0) is 46.6 Å². The predicted octanol–water partition coefficient (Wildman–Crippen LogP) is 2.63. The zero-order valence-corrected chi connectivity index (χ0v) is 16.7. The molecular weight excluding hydrogens is 360 g/mol. The van der Waals surface area contributed by atoms with Crippen molar-refractivity contribution in [2.45, 2.75) is 64.3 Å². The SMILES string of the molecule is CC(C)n1nc(C(=O)N[C@H]2C[C@@H](CC(C)(C)O)N(C(=O)O)C2)c2ccccc21. The molecule has 2 aromatic rings. The van der Waals surface area contributed by atoms with Crippen LogP contribution in [-0.4, -0.2) is 61.1 Å². The van der Waals surface area contributed by atoms with Crippen LogP contribution in [0.25, 0.3) is 10.9 Å². The number of hydrogen-bond donors (Lipinski definition) is 3. The molecule has 0 aliphatic carbocycles. The number of carboxylic acid groups (broad SMARTS) is 1. The van der Waals surface area contributed by atoms with Crippen LogP contribution in [-0.2, 0) is 0 Å². The summed E-state index contributed by atoms with van der Waals surface area (Å²) in [6.45, 7) is 7.52. The maximum atomic E-state index is 12.9. The zero-order chi connectivity index (χ0) is 20.6. The Balaban J connectivity index is 1.80. The van der Waals surface area contributed by atoms with Crippen molar-refractivity contribution >= 4 is 22.9 Å². The average Bonchev–Trinajstić information content (AvgIpc) is 3.14. The van der Waals surface area contributed by atoms with Crippen LogP contribution in [0.2, 0.25) is 0 Å². The number of para-hydroxylation sites is 1. The van der Waals surface area contributed by atoms with Crippen LogP contribution in [0.3, 0.4) is 0 Å². The van der Waals surface area contributed by atoms with Gasteiger partial charge in [0.15, 0.2) is 5.69 Å². The van der Waals surface area contributed by atoms with E-state index < -0.39 is 11.7 Å². The molecule has 1 aromatic heterocycles. The molecule has 2 atom stereocenters. The molecule has 8 nitrogen and oxygen atoms in total. The van der Waals surface area contributed by atoms with Gasteiger partial charge in [-0.1, -0.05) is 18.2 Å². The lowest BCUT2D eigenvalue weighted by Gasteiger charge is -2.27. The van der Waals surface area contributed by atoms with E-state index in [2.05, 4.69) is 10.4 Å². The lowest BCUT2D eigenvalue weighted by Crippen LogP contribution is -2.40. The highest BCUT2D eigenvalue weighted by molar-refractivity contribution is 6.05. The van der Waals surface area contributed by atoms with E-state index in [1.165, 1.54) is 4.90 Å². The minimum Gasteiger partial charge on any atom is -0.465 e. The third kappa shape index (κ3) is 4.11. The largest absolute Gasteiger partial charge is 0.465 e. The Morgan fingerprint density at radius 3 is 2.61 bits per heavy atom. The molecular formula is C20H28N4O4. The van der Waals surface area contributed by atoms with E-state index in [9.17, 15) is 19.8 Å². The Labute approximate surface area is 164 Å². The molecule has 0 bridgehead atoms. The van der Waals surface area contributed by atoms with E-state index in [0.29, 0.717) is 18.5 Å². The quantitative estimate of drug-likeness (QED) is 0.730. The molecule has 1 saturated heterocycles. The molecule has 3 N–H and O–H groups in total. The highest BCUT2D eigenvalue weighted by Crippen LogP contribution is 2.27. The first-order chi connectivity index (χ1) is 13.1. The van der Waals surface area contributed by atoms with Gasteiger partial charge in [0, 0.05) is 30.1 Å². The van der Waals surface area contributed by atoms with Crippen molar-refractivity contribution in [1.29, 1.82) is 0 Å². The summed E-state index contributed by atoms with van der Waals surface area (Å²) in [4.78, 5) is 25.8. The Hall–Kier alpha value is -2.61. The third-order valence-electron chi connectivity index (χ3n) is 5.05. The first kappa shape index (κ1) is 20.1. The first-order valence-electron chi connectivity index (χ1n) is 9.57. The molecule has 1 aliphatic heterocycles. The molecule has 1 aliphatic rings. The number of carbonyl (C=O) groups excluding carboxylic acids is 1. The van der Waals surface area contributed by atoms with Crippen molar-refractivity contribution < 1.29 is 19.8 Å². The van der Waals surface area contributed by atoms with E-state index in [4.69, 9.17) is 0 Å². The number of carbonyl (C=O) groups is 2. The molecule has 0 spiro atoms. The van der Waals surface area contributed by atoms with E-state index in [0.717, 1.165) is 10.9 Å². The highest BCUT2D eigenvalue weighted by Gasteiger charge is 2.38. The number of rotatable bonds is 5. The fraction of sp³-hybridized carbons (Fsp3) is 0.550. The topological polar surface area (TPSA) is 108 Å². The number of nitrogens with zero attached hydrogens (tertiary/aromatic N) is 3. The number of amides is 2. The fourth-order valence-corrected chi connectivity index (χ4v) is 3.93. The molecule has 152 valence electrons. The Morgan fingerprint density at radius 1 is 1.32 bits per heavy atom. The van der Waals surface area contributed by atoms with Gasteiger partial charge < -0.3 is 20.4 Å². The van der Waals surface area contributed by atoms with Crippen molar-refractivity contribution in [2.24, 2.45) is 0 Å². The normalized spacial score (nSPS) is 20.1. The van der Waals surface area contributed by atoms with Crippen LogP contribution in [0.4, 0.5) is 4.79 Å². The molecule has 28 heavy (non-hydrogen) atoms. The zero-order valence-electron chi connectivity index (χ0n) is 16.7. The van der Waals surface area contributed by atoms with Crippen LogP contribution >= 0.6 is 0 Å². The van der Waals surface area contributed by atoms with E-state index in [1.807, 2.05) is 42.8 Å². The van der Waals surface area contributed by atoms with E-state index >= 15 is 0 Å². The smallest absolute Gasteiger partial charge is 0.407 e. The second-order valence-corrected chi connectivity index (χ2v) is 8.42. The van der Waals surface area contributed by atoms with Crippen LogP contribution < -0.4 is 5.32 Å². The van der Waals surface area contributed by atoms with Crippen LogP contribution in [0.5, 0.6) is 0 Å². The standard InChI is InChI=1S/C20H28N4O4/c1-12(2)24-16-8-6-5-7-15(16)17(22-24)18(25)21-13-9-14(10-20(3,4)28)23(11-13)19(26)27/h5-8,12-14,28H,9-11H2,1-4H3,(H,21,25)(H,26,27)/t13-,14-/m0/s1. The second-order valence-electron chi connectivity index (χ2n) is 8.42. The second kappa shape index (κ2) is 7.43. The summed E-state index contributed by atoms with van der Waals surface area (Å²) in [6.07, 6.45) is -0.262. The minimum absolute atomic E-state index is 0.108. The van der Waals surface area contributed by atoms with Crippen LogP contribution in [0, 0.1) is 0 Å². The number of benzene rings is 1. The number of aromatic nitrogens is 2. The molecule has 2 heterocycles. The number of likely N-dealkylation sites (tertiary alicyclic amines) is 1. The molecule has 0 unspecified atom stereocenters.